The number of aryl methyl sites for hydroxylation is 1. The molecule has 6 nitrogen and oxygen atoms in total. The highest BCUT2D eigenvalue weighted by molar-refractivity contribution is 6.31. The Morgan fingerprint density at radius 1 is 1.26 bits per heavy atom. The molecule has 0 atom stereocenters. The molecular weight excluding hydrogens is 318 g/mol. The minimum Gasteiger partial charge on any atom is -0.379 e. The lowest BCUT2D eigenvalue weighted by molar-refractivity contribution is -0.126. The quantitative estimate of drug-likeness (QED) is 0.769. The van der Waals surface area contributed by atoms with Crippen LogP contribution in [-0.2, 0) is 14.3 Å². The van der Waals surface area contributed by atoms with Gasteiger partial charge in [0.1, 0.15) is 6.42 Å². The summed E-state index contributed by atoms with van der Waals surface area (Å²) in [5, 5.41) is 6.02. The number of ether oxygens (including phenoxy) is 1. The van der Waals surface area contributed by atoms with E-state index in [0.717, 1.165) is 38.4 Å². The molecule has 1 aliphatic rings. The second-order valence-electron chi connectivity index (χ2n) is 5.49. The summed E-state index contributed by atoms with van der Waals surface area (Å²) < 4.78 is 5.26. The highest BCUT2D eigenvalue weighted by atomic mass is 35.5. The molecule has 0 saturated carbocycles. The topological polar surface area (TPSA) is 70.7 Å². The molecule has 126 valence electrons. The van der Waals surface area contributed by atoms with E-state index in [-0.39, 0.29) is 18.2 Å². The first-order chi connectivity index (χ1) is 11.0. The molecule has 1 fully saturated rings. The smallest absolute Gasteiger partial charge is 0.233 e. The summed E-state index contributed by atoms with van der Waals surface area (Å²) in [6.07, 6.45) is -0.199. The number of morpholine rings is 1. The molecule has 1 aromatic rings. The van der Waals surface area contributed by atoms with Gasteiger partial charge in [0.25, 0.3) is 0 Å². The third-order valence-electron chi connectivity index (χ3n) is 3.65. The molecule has 1 saturated heterocycles. The summed E-state index contributed by atoms with van der Waals surface area (Å²) in [5.74, 6) is -0.630. The van der Waals surface area contributed by atoms with E-state index in [1.165, 1.54) is 0 Å². The molecule has 0 unspecified atom stereocenters. The van der Waals surface area contributed by atoms with Crippen molar-refractivity contribution in [2.75, 3.05) is 44.7 Å². The van der Waals surface area contributed by atoms with E-state index < -0.39 is 0 Å². The van der Waals surface area contributed by atoms with E-state index >= 15 is 0 Å². The Balaban J connectivity index is 1.69. The molecular formula is C16H22ClN3O3. The maximum atomic E-state index is 11.9. The van der Waals surface area contributed by atoms with Crippen LogP contribution >= 0.6 is 11.6 Å². The van der Waals surface area contributed by atoms with Gasteiger partial charge in [-0.1, -0.05) is 17.7 Å². The number of carbonyl (C=O) groups excluding carboxylic acids is 2. The van der Waals surface area contributed by atoms with Crippen LogP contribution in [0.3, 0.4) is 0 Å². The van der Waals surface area contributed by atoms with Crippen LogP contribution in [0.5, 0.6) is 0 Å². The Morgan fingerprint density at radius 3 is 2.74 bits per heavy atom. The Kier molecular flexibility index (Phi) is 6.83. The third kappa shape index (κ3) is 6.17. The van der Waals surface area contributed by atoms with Crippen molar-refractivity contribution >= 4 is 29.1 Å². The average molecular weight is 340 g/mol. The van der Waals surface area contributed by atoms with Crippen LogP contribution in [0, 0.1) is 6.92 Å². The first-order valence-electron chi connectivity index (χ1n) is 7.67. The van der Waals surface area contributed by atoms with E-state index in [4.69, 9.17) is 16.3 Å². The van der Waals surface area contributed by atoms with E-state index in [2.05, 4.69) is 15.5 Å². The highest BCUT2D eigenvalue weighted by Crippen LogP contribution is 2.20. The Labute approximate surface area is 141 Å². The first kappa shape index (κ1) is 17.7. The molecule has 2 amide bonds. The second-order valence-corrected chi connectivity index (χ2v) is 5.92. The van der Waals surface area contributed by atoms with Gasteiger partial charge in [0.15, 0.2) is 0 Å². The lowest BCUT2D eigenvalue weighted by atomic mass is 10.2. The monoisotopic (exact) mass is 339 g/mol. The van der Waals surface area contributed by atoms with Crippen molar-refractivity contribution in [2.24, 2.45) is 0 Å². The van der Waals surface area contributed by atoms with Gasteiger partial charge in [-0.3, -0.25) is 14.5 Å². The highest BCUT2D eigenvalue weighted by Gasteiger charge is 2.13. The van der Waals surface area contributed by atoms with Gasteiger partial charge >= 0.3 is 0 Å². The maximum absolute atomic E-state index is 11.9. The van der Waals surface area contributed by atoms with Gasteiger partial charge in [-0.25, -0.2) is 0 Å². The summed E-state index contributed by atoms with van der Waals surface area (Å²) in [4.78, 5) is 25.9. The predicted octanol–water partition coefficient (Wildman–Crippen LogP) is 1.43. The van der Waals surface area contributed by atoms with Crippen molar-refractivity contribution in [3.8, 4) is 0 Å². The number of anilines is 1. The molecule has 7 heteroatoms. The van der Waals surface area contributed by atoms with Crippen LogP contribution < -0.4 is 10.6 Å². The predicted molar refractivity (Wildman–Crippen MR) is 89.7 cm³/mol. The van der Waals surface area contributed by atoms with Crippen molar-refractivity contribution < 1.29 is 14.3 Å². The summed E-state index contributed by atoms with van der Waals surface area (Å²) in [5.41, 5.74) is 1.53. The molecule has 0 bridgehead atoms. The lowest BCUT2D eigenvalue weighted by Gasteiger charge is -2.26. The van der Waals surface area contributed by atoms with Gasteiger partial charge in [0.05, 0.1) is 13.2 Å². The molecule has 0 radical (unpaired) electrons. The van der Waals surface area contributed by atoms with Gasteiger partial charge in [0, 0.05) is 36.9 Å². The minimum atomic E-state index is -0.348. The zero-order chi connectivity index (χ0) is 16.7. The number of nitrogens with one attached hydrogen (secondary N) is 2. The van der Waals surface area contributed by atoms with Crippen LogP contribution in [0.1, 0.15) is 12.0 Å². The molecule has 23 heavy (non-hydrogen) atoms. The molecule has 1 aromatic carbocycles. The number of amides is 2. The molecule has 1 heterocycles. The molecule has 2 N–H and O–H groups in total. The van der Waals surface area contributed by atoms with Crippen LogP contribution in [0.4, 0.5) is 5.69 Å². The molecule has 0 aromatic heterocycles. The molecule has 0 spiro atoms. The normalized spacial score (nSPS) is 15.2. The number of carbonyl (C=O) groups is 2. The number of rotatable bonds is 6. The fraction of sp³-hybridized carbons (Fsp3) is 0.500. The molecule has 0 aliphatic carbocycles. The Hall–Kier alpha value is -1.63. The van der Waals surface area contributed by atoms with Gasteiger partial charge in [-0.15, -0.1) is 0 Å². The van der Waals surface area contributed by atoms with Crippen molar-refractivity contribution in [1.29, 1.82) is 0 Å². The summed E-state index contributed by atoms with van der Waals surface area (Å²) in [6, 6.07) is 5.25. The van der Waals surface area contributed by atoms with Crippen molar-refractivity contribution in [2.45, 2.75) is 13.3 Å². The third-order valence-corrected chi connectivity index (χ3v) is 3.88. The van der Waals surface area contributed by atoms with E-state index in [0.29, 0.717) is 17.3 Å². The summed E-state index contributed by atoms with van der Waals surface area (Å²) in [6.45, 7) is 6.39. The number of benzene rings is 1. The average Bonchev–Trinajstić information content (AvgIpc) is 2.52. The number of halogens is 1. The van der Waals surface area contributed by atoms with Gasteiger partial charge in [-0.2, -0.15) is 0 Å². The van der Waals surface area contributed by atoms with Crippen LogP contribution in [0.2, 0.25) is 5.02 Å². The van der Waals surface area contributed by atoms with Crippen LogP contribution in [-0.4, -0.2) is 56.1 Å². The Bertz CT molecular complexity index is 560. The number of hydrogen-bond donors (Lipinski definition) is 2. The molecule has 2 rings (SSSR count). The molecule has 1 aliphatic heterocycles. The largest absolute Gasteiger partial charge is 0.379 e. The van der Waals surface area contributed by atoms with Crippen molar-refractivity contribution in [3.63, 3.8) is 0 Å². The van der Waals surface area contributed by atoms with Gasteiger partial charge < -0.3 is 15.4 Å². The maximum Gasteiger partial charge on any atom is 0.233 e. The van der Waals surface area contributed by atoms with E-state index in [9.17, 15) is 9.59 Å². The van der Waals surface area contributed by atoms with Gasteiger partial charge in [0.2, 0.25) is 11.8 Å². The van der Waals surface area contributed by atoms with Crippen LogP contribution in [0.25, 0.3) is 0 Å². The summed E-state index contributed by atoms with van der Waals surface area (Å²) >= 11 is 5.90. The van der Waals surface area contributed by atoms with Gasteiger partial charge in [-0.05, 0) is 24.6 Å². The number of hydrogen-bond acceptors (Lipinski definition) is 4. The van der Waals surface area contributed by atoms with E-state index in [1.54, 1.807) is 12.1 Å². The van der Waals surface area contributed by atoms with Crippen molar-refractivity contribution in [3.05, 3.63) is 28.8 Å². The fourth-order valence-corrected chi connectivity index (χ4v) is 2.48. The minimum absolute atomic E-state index is 0.199. The second kappa shape index (κ2) is 8.86. The van der Waals surface area contributed by atoms with Crippen LogP contribution in [0.15, 0.2) is 18.2 Å². The zero-order valence-corrected chi connectivity index (χ0v) is 14.0. The lowest BCUT2D eigenvalue weighted by Crippen LogP contribution is -2.41. The van der Waals surface area contributed by atoms with E-state index in [1.807, 2.05) is 13.0 Å². The fourth-order valence-electron chi connectivity index (χ4n) is 2.31. The first-order valence-corrected chi connectivity index (χ1v) is 8.05. The number of nitrogens with zero attached hydrogens (tertiary/aromatic N) is 1. The summed E-state index contributed by atoms with van der Waals surface area (Å²) in [7, 11) is 0. The zero-order valence-electron chi connectivity index (χ0n) is 13.2. The Morgan fingerprint density at radius 2 is 2.00 bits per heavy atom. The standard InChI is InChI=1S/C16H22ClN3O3/c1-12-2-3-13(17)10-14(12)19-16(22)11-15(21)18-4-5-20-6-8-23-9-7-20/h2-3,10H,4-9,11H2,1H3,(H,18,21)(H,19,22). The SMILES string of the molecule is Cc1ccc(Cl)cc1NC(=O)CC(=O)NCCN1CCOCC1. The van der Waals surface area contributed by atoms with Crippen molar-refractivity contribution in [1.82, 2.24) is 10.2 Å².